The van der Waals surface area contributed by atoms with E-state index in [0.717, 1.165) is 35.2 Å². The zero-order valence-electron chi connectivity index (χ0n) is 15.7. The Labute approximate surface area is 155 Å². The van der Waals surface area contributed by atoms with Crippen LogP contribution in [0.3, 0.4) is 0 Å². The van der Waals surface area contributed by atoms with E-state index in [4.69, 9.17) is 0 Å². The Balaban J connectivity index is 2.17. The van der Waals surface area contributed by atoms with E-state index in [0.29, 0.717) is 0 Å². The predicted octanol–water partition coefficient (Wildman–Crippen LogP) is 3.43. The van der Waals surface area contributed by atoms with Gasteiger partial charge in [-0.1, -0.05) is 49.7 Å². The van der Waals surface area contributed by atoms with Crippen molar-refractivity contribution in [2.24, 2.45) is 0 Å². The molecule has 0 aromatic heterocycles. The number of carbonyl (C=O) groups is 1. The summed E-state index contributed by atoms with van der Waals surface area (Å²) in [6, 6.07) is 11.5. The Morgan fingerprint density at radius 1 is 1.00 bits per heavy atom. The third-order valence-electron chi connectivity index (χ3n) is 4.30. The number of benzene rings is 2. The van der Waals surface area contributed by atoms with Crippen molar-refractivity contribution >= 4 is 21.6 Å². The summed E-state index contributed by atoms with van der Waals surface area (Å²) in [4.78, 5) is 12.7. The maximum atomic E-state index is 12.6. The number of carbonyl (C=O) groups excluding carboxylic acids is 1. The largest absolute Gasteiger partial charge is 0.324 e. The summed E-state index contributed by atoms with van der Waals surface area (Å²) < 4.78 is 27.4. The number of hydrogen-bond acceptors (Lipinski definition) is 3. The van der Waals surface area contributed by atoms with Gasteiger partial charge in [0.2, 0.25) is 15.9 Å². The molecule has 2 aromatic rings. The highest BCUT2D eigenvalue weighted by Gasteiger charge is 2.23. The molecule has 2 aromatic carbocycles. The molecule has 6 heteroatoms. The molecule has 0 fully saturated rings. The SMILES string of the molecule is CCc1cccc(CC)c1NC(=O)C(C)NS(=O)(=O)c1ccc(C)cc1. The van der Waals surface area contributed by atoms with Crippen LogP contribution in [-0.2, 0) is 27.7 Å². The molecule has 0 radical (unpaired) electrons. The molecule has 1 amide bonds. The van der Waals surface area contributed by atoms with Crippen molar-refractivity contribution in [3.05, 3.63) is 59.2 Å². The molecule has 2 N–H and O–H groups in total. The molecule has 1 atom stereocenters. The third kappa shape index (κ3) is 4.71. The summed E-state index contributed by atoms with van der Waals surface area (Å²) in [6.07, 6.45) is 1.57. The van der Waals surface area contributed by atoms with E-state index in [-0.39, 0.29) is 10.8 Å². The topological polar surface area (TPSA) is 75.3 Å². The lowest BCUT2D eigenvalue weighted by Gasteiger charge is -2.18. The Hall–Kier alpha value is -2.18. The fourth-order valence-electron chi connectivity index (χ4n) is 2.71. The van der Waals surface area contributed by atoms with Crippen LogP contribution in [0.4, 0.5) is 5.69 Å². The summed E-state index contributed by atoms with van der Waals surface area (Å²) in [5, 5.41) is 2.90. The molecular formula is C20H26N2O3S. The number of aryl methyl sites for hydroxylation is 3. The zero-order chi connectivity index (χ0) is 19.3. The molecule has 0 saturated heterocycles. The second-order valence-electron chi connectivity index (χ2n) is 6.30. The highest BCUT2D eigenvalue weighted by molar-refractivity contribution is 7.89. The standard InChI is InChI=1S/C20H26N2O3S/c1-5-16-8-7-9-17(6-2)19(16)21-20(23)15(4)22-26(24,25)18-12-10-14(3)11-13-18/h7-13,15,22H,5-6H2,1-4H3,(H,21,23). The van der Waals surface area contributed by atoms with Gasteiger partial charge in [-0.2, -0.15) is 4.72 Å². The van der Waals surface area contributed by atoms with Crippen LogP contribution in [0.25, 0.3) is 0 Å². The smallest absolute Gasteiger partial charge is 0.242 e. The minimum atomic E-state index is -3.76. The molecule has 0 aliphatic rings. The fourth-order valence-corrected chi connectivity index (χ4v) is 3.91. The molecule has 0 bridgehead atoms. The molecule has 1 unspecified atom stereocenters. The first kappa shape index (κ1) is 20.1. The van der Waals surface area contributed by atoms with Crippen molar-refractivity contribution < 1.29 is 13.2 Å². The van der Waals surface area contributed by atoms with E-state index >= 15 is 0 Å². The number of anilines is 1. The van der Waals surface area contributed by atoms with E-state index in [1.165, 1.54) is 12.1 Å². The van der Waals surface area contributed by atoms with Crippen molar-refractivity contribution in [2.45, 2.75) is 51.5 Å². The van der Waals surface area contributed by atoms with E-state index < -0.39 is 16.1 Å². The van der Waals surface area contributed by atoms with Crippen LogP contribution >= 0.6 is 0 Å². The lowest BCUT2D eigenvalue weighted by molar-refractivity contribution is -0.117. The third-order valence-corrected chi connectivity index (χ3v) is 5.86. The summed E-state index contributed by atoms with van der Waals surface area (Å²) in [5.74, 6) is -0.378. The molecular weight excluding hydrogens is 348 g/mol. The second kappa shape index (κ2) is 8.47. The Morgan fingerprint density at radius 2 is 1.54 bits per heavy atom. The van der Waals surface area contributed by atoms with Crippen molar-refractivity contribution in [2.75, 3.05) is 5.32 Å². The van der Waals surface area contributed by atoms with E-state index in [2.05, 4.69) is 10.0 Å². The van der Waals surface area contributed by atoms with Crippen LogP contribution < -0.4 is 10.0 Å². The maximum absolute atomic E-state index is 12.6. The average Bonchev–Trinajstić information content (AvgIpc) is 2.61. The lowest BCUT2D eigenvalue weighted by atomic mass is 10.0. The van der Waals surface area contributed by atoms with Crippen molar-refractivity contribution in [3.8, 4) is 0 Å². The first-order valence-corrected chi connectivity index (χ1v) is 10.3. The number of para-hydroxylation sites is 1. The maximum Gasteiger partial charge on any atom is 0.242 e. The average molecular weight is 375 g/mol. The minimum Gasteiger partial charge on any atom is -0.324 e. The van der Waals surface area contributed by atoms with Crippen LogP contribution in [0.5, 0.6) is 0 Å². The van der Waals surface area contributed by atoms with Crippen molar-refractivity contribution in [1.82, 2.24) is 4.72 Å². The summed E-state index contributed by atoms with van der Waals surface area (Å²) in [6.45, 7) is 7.47. The predicted molar refractivity (Wildman–Crippen MR) is 105 cm³/mol. The molecule has 0 aliphatic carbocycles. The van der Waals surface area contributed by atoms with Crippen LogP contribution in [0.2, 0.25) is 0 Å². The van der Waals surface area contributed by atoms with Gasteiger partial charge in [-0.05, 0) is 49.9 Å². The molecule has 0 aliphatic heterocycles. The number of amides is 1. The van der Waals surface area contributed by atoms with Gasteiger partial charge in [0.25, 0.3) is 0 Å². The number of nitrogens with one attached hydrogen (secondary N) is 2. The van der Waals surface area contributed by atoms with Gasteiger partial charge in [-0.15, -0.1) is 0 Å². The van der Waals surface area contributed by atoms with Gasteiger partial charge in [0.15, 0.2) is 0 Å². The Bertz CT molecular complexity index is 852. The van der Waals surface area contributed by atoms with Crippen LogP contribution in [0.15, 0.2) is 47.4 Å². The minimum absolute atomic E-state index is 0.144. The molecule has 26 heavy (non-hydrogen) atoms. The second-order valence-corrected chi connectivity index (χ2v) is 8.02. The van der Waals surface area contributed by atoms with Crippen LogP contribution in [0.1, 0.15) is 37.5 Å². The molecule has 2 rings (SSSR count). The monoisotopic (exact) mass is 374 g/mol. The van der Waals surface area contributed by atoms with Crippen molar-refractivity contribution in [1.29, 1.82) is 0 Å². The van der Waals surface area contributed by atoms with E-state index in [1.54, 1.807) is 19.1 Å². The highest BCUT2D eigenvalue weighted by atomic mass is 32.2. The summed E-state index contributed by atoms with van der Waals surface area (Å²) >= 11 is 0. The van der Waals surface area contributed by atoms with Crippen LogP contribution in [-0.4, -0.2) is 20.4 Å². The molecule has 0 saturated carbocycles. The zero-order valence-corrected chi connectivity index (χ0v) is 16.5. The van der Waals surface area contributed by atoms with Gasteiger partial charge in [0.1, 0.15) is 0 Å². The van der Waals surface area contributed by atoms with Gasteiger partial charge >= 0.3 is 0 Å². The quantitative estimate of drug-likeness (QED) is 0.780. The normalized spacial score (nSPS) is 12.6. The first-order chi connectivity index (χ1) is 12.3. The molecule has 5 nitrogen and oxygen atoms in total. The van der Waals surface area contributed by atoms with Gasteiger partial charge in [-0.25, -0.2) is 8.42 Å². The summed E-state index contributed by atoms with van der Waals surface area (Å²) in [7, 11) is -3.76. The van der Waals surface area contributed by atoms with Crippen molar-refractivity contribution in [3.63, 3.8) is 0 Å². The van der Waals surface area contributed by atoms with E-state index in [1.807, 2.05) is 39.0 Å². The number of sulfonamides is 1. The Kier molecular flexibility index (Phi) is 6.56. The number of hydrogen-bond donors (Lipinski definition) is 2. The van der Waals surface area contributed by atoms with Gasteiger partial charge in [0.05, 0.1) is 10.9 Å². The number of rotatable bonds is 7. The lowest BCUT2D eigenvalue weighted by Crippen LogP contribution is -2.41. The molecule has 0 heterocycles. The highest BCUT2D eigenvalue weighted by Crippen LogP contribution is 2.23. The first-order valence-electron chi connectivity index (χ1n) is 8.79. The van der Waals surface area contributed by atoms with Gasteiger partial charge in [-0.3, -0.25) is 4.79 Å². The summed E-state index contributed by atoms with van der Waals surface area (Å²) in [5.41, 5.74) is 3.82. The van der Waals surface area contributed by atoms with Gasteiger partial charge < -0.3 is 5.32 Å². The fraction of sp³-hybridized carbons (Fsp3) is 0.350. The Morgan fingerprint density at radius 3 is 2.04 bits per heavy atom. The molecule has 0 spiro atoms. The van der Waals surface area contributed by atoms with Crippen LogP contribution in [0, 0.1) is 6.92 Å². The molecule has 140 valence electrons. The van der Waals surface area contributed by atoms with Gasteiger partial charge in [0, 0.05) is 5.69 Å². The van der Waals surface area contributed by atoms with E-state index in [9.17, 15) is 13.2 Å².